The highest BCUT2D eigenvalue weighted by molar-refractivity contribution is 5.95. The maximum Gasteiger partial charge on any atom is 0.253 e. The van der Waals surface area contributed by atoms with E-state index < -0.39 is 0 Å². The number of benzene rings is 1. The topological polar surface area (TPSA) is 71.5 Å². The number of nitrogens with zero attached hydrogens (tertiary/aromatic N) is 1. The second-order valence-electron chi connectivity index (χ2n) is 6.94. The van der Waals surface area contributed by atoms with Crippen LogP contribution in [0.15, 0.2) is 36.5 Å². The van der Waals surface area contributed by atoms with Crippen molar-refractivity contribution in [2.75, 3.05) is 6.61 Å². The Labute approximate surface area is 147 Å². The Balaban J connectivity index is 1.61. The lowest BCUT2D eigenvalue weighted by Gasteiger charge is -2.38. The molecule has 0 bridgehead atoms. The summed E-state index contributed by atoms with van der Waals surface area (Å²) in [5.74, 6) is 1.07. The quantitative estimate of drug-likeness (QED) is 0.899. The van der Waals surface area contributed by atoms with Crippen LogP contribution in [-0.4, -0.2) is 28.7 Å². The van der Waals surface area contributed by atoms with Crippen molar-refractivity contribution in [1.29, 1.82) is 0 Å². The highest BCUT2D eigenvalue weighted by atomic mass is 16.5. The number of carbonyl (C=O) groups is 1. The van der Waals surface area contributed by atoms with E-state index in [1.165, 1.54) is 5.56 Å². The monoisotopic (exact) mass is 338 g/mol. The number of rotatable bonds is 4. The molecule has 2 aromatic rings. The van der Waals surface area contributed by atoms with Crippen LogP contribution in [0.4, 0.5) is 0 Å². The highest BCUT2D eigenvalue weighted by Gasteiger charge is 2.36. The number of amides is 1. The van der Waals surface area contributed by atoms with E-state index in [4.69, 9.17) is 4.74 Å². The van der Waals surface area contributed by atoms with E-state index in [-0.39, 0.29) is 24.0 Å². The molecule has 1 unspecified atom stereocenters. The van der Waals surface area contributed by atoms with Gasteiger partial charge in [0.05, 0.1) is 24.3 Å². The summed E-state index contributed by atoms with van der Waals surface area (Å²) in [6.07, 6.45) is 3.75. The molecule has 1 aromatic heterocycles. The summed E-state index contributed by atoms with van der Waals surface area (Å²) < 4.78 is 5.58. The summed E-state index contributed by atoms with van der Waals surface area (Å²) in [7, 11) is 0. The molecule has 1 fully saturated rings. The molecular weight excluding hydrogens is 316 g/mol. The number of hydrogen-bond acceptors (Lipinski definition) is 4. The molecule has 2 aliphatic rings. The molecule has 1 aromatic carbocycles. The van der Waals surface area contributed by atoms with Crippen molar-refractivity contribution >= 4 is 5.91 Å². The first-order valence-corrected chi connectivity index (χ1v) is 8.78. The smallest absolute Gasteiger partial charge is 0.253 e. The Morgan fingerprint density at radius 2 is 2.20 bits per heavy atom. The van der Waals surface area contributed by atoms with Gasteiger partial charge in [-0.25, -0.2) is 0 Å². The molecule has 2 N–H and O–H groups in total. The van der Waals surface area contributed by atoms with Gasteiger partial charge in [0.1, 0.15) is 5.75 Å². The molecule has 25 heavy (non-hydrogen) atoms. The largest absolute Gasteiger partial charge is 0.493 e. The van der Waals surface area contributed by atoms with Crippen LogP contribution < -0.4 is 10.1 Å². The van der Waals surface area contributed by atoms with Crippen molar-refractivity contribution < 1.29 is 14.6 Å². The number of pyridine rings is 1. The van der Waals surface area contributed by atoms with Crippen LogP contribution in [0.3, 0.4) is 0 Å². The average molecular weight is 338 g/mol. The summed E-state index contributed by atoms with van der Waals surface area (Å²) in [5, 5.41) is 12.9. The molecule has 1 atom stereocenters. The van der Waals surface area contributed by atoms with Gasteiger partial charge in [0.2, 0.25) is 0 Å². The third kappa shape index (κ3) is 3.12. The van der Waals surface area contributed by atoms with E-state index in [1.807, 2.05) is 19.1 Å². The van der Waals surface area contributed by atoms with Crippen LogP contribution in [0.2, 0.25) is 0 Å². The average Bonchev–Trinajstić information content (AvgIpc) is 3.05. The minimum Gasteiger partial charge on any atom is -0.493 e. The van der Waals surface area contributed by atoms with Crippen molar-refractivity contribution in [2.45, 2.75) is 38.3 Å². The minimum atomic E-state index is -0.262. The van der Waals surface area contributed by atoms with Crippen molar-refractivity contribution in [2.24, 2.45) is 5.92 Å². The number of nitrogens with one attached hydrogen (secondary N) is 1. The summed E-state index contributed by atoms with van der Waals surface area (Å²) in [6, 6.07) is 9.60. The maximum atomic E-state index is 12.8. The molecule has 0 radical (unpaired) electrons. The van der Waals surface area contributed by atoms with Gasteiger partial charge in [-0.1, -0.05) is 6.07 Å². The Morgan fingerprint density at radius 1 is 1.36 bits per heavy atom. The van der Waals surface area contributed by atoms with Crippen molar-refractivity contribution in [3.05, 3.63) is 58.9 Å². The van der Waals surface area contributed by atoms with Crippen LogP contribution in [0.1, 0.15) is 46.1 Å². The van der Waals surface area contributed by atoms with Gasteiger partial charge in [-0.3, -0.25) is 9.78 Å². The zero-order valence-electron chi connectivity index (χ0n) is 14.2. The van der Waals surface area contributed by atoms with Gasteiger partial charge in [0.25, 0.3) is 5.91 Å². The molecule has 4 rings (SSSR count). The Hall–Kier alpha value is -2.40. The number of carbonyl (C=O) groups excluding carboxylic acids is 1. The molecule has 1 saturated carbocycles. The summed E-state index contributed by atoms with van der Waals surface area (Å²) in [4.78, 5) is 17.0. The first kappa shape index (κ1) is 16.1. The van der Waals surface area contributed by atoms with Crippen molar-refractivity contribution in [1.82, 2.24) is 10.3 Å². The van der Waals surface area contributed by atoms with Gasteiger partial charge in [-0.05, 0) is 61.1 Å². The Kier molecular flexibility index (Phi) is 4.17. The van der Waals surface area contributed by atoms with Crippen LogP contribution in [0.5, 0.6) is 5.75 Å². The fraction of sp³-hybridized carbons (Fsp3) is 0.400. The van der Waals surface area contributed by atoms with E-state index in [0.717, 1.165) is 23.4 Å². The minimum absolute atomic E-state index is 0.110. The predicted octanol–water partition coefficient (Wildman–Crippen LogP) is 2.57. The fourth-order valence-corrected chi connectivity index (χ4v) is 3.72. The number of fused-ring (bicyclic) bond motifs is 1. The molecule has 0 saturated heterocycles. The number of aryl methyl sites for hydroxylation is 1. The summed E-state index contributed by atoms with van der Waals surface area (Å²) in [6.45, 7) is 2.55. The predicted molar refractivity (Wildman–Crippen MR) is 93.6 cm³/mol. The lowest BCUT2D eigenvalue weighted by atomic mass is 9.74. The highest BCUT2D eigenvalue weighted by Crippen LogP contribution is 2.40. The molecule has 5 heteroatoms. The van der Waals surface area contributed by atoms with Crippen LogP contribution >= 0.6 is 0 Å². The van der Waals surface area contributed by atoms with Crippen molar-refractivity contribution in [3.8, 4) is 5.75 Å². The Morgan fingerprint density at radius 3 is 2.96 bits per heavy atom. The first-order chi connectivity index (χ1) is 12.1. The lowest BCUT2D eigenvalue weighted by Crippen LogP contribution is -2.41. The summed E-state index contributed by atoms with van der Waals surface area (Å²) in [5.41, 5.74) is 3.58. The van der Waals surface area contributed by atoms with Gasteiger partial charge in [0, 0.05) is 18.3 Å². The van der Waals surface area contributed by atoms with Gasteiger partial charge < -0.3 is 15.2 Å². The van der Waals surface area contributed by atoms with Crippen LogP contribution in [0.25, 0.3) is 0 Å². The number of aliphatic hydroxyl groups is 1. The van der Waals surface area contributed by atoms with E-state index in [1.54, 1.807) is 18.3 Å². The SMILES string of the molecule is Cc1ncccc1C(=O)NC(c1ccc2c(c1)CCO2)C1CC(O)C1. The standard InChI is InChI=1S/C20H22N2O3/c1-12-17(3-2-7-21-12)20(24)22-19(15-10-16(23)11-15)14-4-5-18-13(9-14)6-8-25-18/h2-5,7,9,15-16,19,23H,6,8,10-11H2,1H3,(H,22,24). The van der Waals surface area contributed by atoms with Gasteiger partial charge in [-0.2, -0.15) is 0 Å². The van der Waals surface area contributed by atoms with E-state index in [2.05, 4.69) is 16.4 Å². The molecule has 1 amide bonds. The van der Waals surface area contributed by atoms with Gasteiger partial charge >= 0.3 is 0 Å². The number of aliphatic hydroxyl groups excluding tert-OH is 1. The zero-order chi connectivity index (χ0) is 17.4. The maximum absolute atomic E-state index is 12.8. The first-order valence-electron chi connectivity index (χ1n) is 8.78. The fourth-order valence-electron chi connectivity index (χ4n) is 3.72. The third-order valence-corrected chi connectivity index (χ3v) is 5.23. The molecular formula is C20H22N2O3. The Bertz CT molecular complexity index is 799. The van der Waals surface area contributed by atoms with Crippen LogP contribution in [-0.2, 0) is 6.42 Å². The number of ether oxygens (including phenoxy) is 1. The van der Waals surface area contributed by atoms with Gasteiger partial charge in [-0.15, -0.1) is 0 Å². The molecule has 2 heterocycles. The van der Waals surface area contributed by atoms with Crippen molar-refractivity contribution in [3.63, 3.8) is 0 Å². The molecule has 5 nitrogen and oxygen atoms in total. The molecule has 0 spiro atoms. The van der Waals surface area contributed by atoms with E-state index >= 15 is 0 Å². The van der Waals surface area contributed by atoms with E-state index in [0.29, 0.717) is 25.0 Å². The molecule has 130 valence electrons. The third-order valence-electron chi connectivity index (χ3n) is 5.23. The lowest BCUT2D eigenvalue weighted by molar-refractivity contribution is 0.0235. The molecule has 1 aliphatic carbocycles. The number of hydrogen-bond donors (Lipinski definition) is 2. The normalized spacial score (nSPS) is 22.5. The molecule has 1 aliphatic heterocycles. The zero-order valence-corrected chi connectivity index (χ0v) is 14.2. The second kappa shape index (κ2) is 6.48. The van der Waals surface area contributed by atoms with Gasteiger partial charge in [0.15, 0.2) is 0 Å². The van der Waals surface area contributed by atoms with E-state index in [9.17, 15) is 9.90 Å². The second-order valence-corrected chi connectivity index (χ2v) is 6.94. The number of aromatic nitrogens is 1. The van der Waals surface area contributed by atoms with Crippen LogP contribution in [0, 0.1) is 12.8 Å². The summed E-state index contributed by atoms with van der Waals surface area (Å²) >= 11 is 0.